The fourth-order valence-electron chi connectivity index (χ4n) is 3.79. The Hall–Kier alpha value is -4.13. The molecule has 0 bridgehead atoms. The number of aliphatic carboxylic acids is 3. The SMILES string of the molecule is Cc1c(CN(CCN(C)C)Cc2ccccn2)cnn1Cc1ccccc1.O=C(O)CC(O)(CC(=O)O)C(=O)O. The number of carboxylic acid groups (broad SMARTS) is 3. The monoisotopic (exact) mass is 555 g/mol. The van der Waals surface area contributed by atoms with Crippen LogP contribution >= 0.6 is 0 Å². The van der Waals surface area contributed by atoms with E-state index >= 15 is 0 Å². The van der Waals surface area contributed by atoms with Crippen LogP contribution in [-0.2, 0) is 34.0 Å². The lowest BCUT2D eigenvalue weighted by Gasteiger charge is -2.23. The maximum Gasteiger partial charge on any atom is 0.336 e. The molecule has 2 heterocycles. The van der Waals surface area contributed by atoms with E-state index in [2.05, 4.69) is 82.0 Å². The molecule has 0 aliphatic heterocycles. The molecule has 3 rings (SSSR count). The number of hydrogen-bond acceptors (Lipinski definition) is 8. The first-order valence-electron chi connectivity index (χ1n) is 12.6. The van der Waals surface area contributed by atoms with Crippen LogP contribution in [0.2, 0.25) is 0 Å². The molecule has 2 aromatic heterocycles. The van der Waals surface area contributed by atoms with Crippen molar-refractivity contribution in [3.05, 3.63) is 83.4 Å². The van der Waals surface area contributed by atoms with Crippen molar-refractivity contribution in [2.45, 2.75) is 45.0 Å². The predicted molar refractivity (Wildman–Crippen MR) is 147 cm³/mol. The van der Waals surface area contributed by atoms with E-state index in [1.165, 1.54) is 16.8 Å². The van der Waals surface area contributed by atoms with Gasteiger partial charge in [-0.05, 0) is 38.7 Å². The van der Waals surface area contributed by atoms with E-state index < -0.39 is 36.4 Å². The molecule has 4 N–H and O–H groups in total. The van der Waals surface area contributed by atoms with Gasteiger partial charge >= 0.3 is 17.9 Å². The molecule has 0 aliphatic rings. The van der Waals surface area contributed by atoms with Gasteiger partial charge in [-0.25, -0.2) is 4.79 Å². The van der Waals surface area contributed by atoms with Gasteiger partial charge in [-0.15, -0.1) is 0 Å². The molecule has 40 heavy (non-hydrogen) atoms. The molecule has 0 saturated carbocycles. The third kappa shape index (κ3) is 10.9. The second kappa shape index (κ2) is 15.5. The minimum atomic E-state index is -2.74. The number of rotatable bonds is 14. The molecule has 0 aliphatic carbocycles. The minimum absolute atomic E-state index is 0.810. The molecule has 0 atom stereocenters. The summed E-state index contributed by atoms with van der Waals surface area (Å²) in [5.41, 5.74) is 2.15. The van der Waals surface area contributed by atoms with E-state index in [-0.39, 0.29) is 0 Å². The van der Waals surface area contributed by atoms with E-state index in [9.17, 15) is 14.4 Å². The van der Waals surface area contributed by atoms with Crippen LogP contribution in [0.3, 0.4) is 0 Å². The molecule has 12 nitrogen and oxygen atoms in total. The average molecular weight is 556 g/mol. The Balaban J connectivity index is 0.000000366. The van der Waals surface area contributed by atoms with Crippen molar-refractivity contribution in [1.82, 2.24) is 24.6 Å². The molecule has 0 amide bonds. The van der Waals surface area contributed by atoms with Gasteiger partial charge in [0.25, 0.3) is 0 Å². The topological polar surface area (TPSA) is 169 Å². The largest absolute Gasteiger partial charge is 0.481 e. The predicted octanol–water partition coefficient (Wildman–Crippen LogP) is 1.95. The molecule has 0 spiro atoms. The third-order valence-corrected chi connectivity index (χ3v) is 6.03. The summed E-state index contributed by atoms with van der Waals surface area (Å²) >= 11 is 0. The summed E-state index contributed by atoms with van der Waals surface area (Å²) in [5.74, 6) is -5.02. The number of hydrogen-bond donors (Lipinski definition) is 4. The van der Waals surface area contributed by atoms with Crippen molar-refractivity contribution < 1.29 is 34.8 Å². The van der Waals surface area contributed by atoms with Gasteiger partial charge in [-0.2, -0.15) is 5.10 Å². The first kappa shape index (κ1) is 32.1. The second-order valence-corrected chi connectivity index (χ2v) is 9.71. The number of aliphatic hydroxyl groups is 1. The molecule has 3 aromatic rings. The molecule has 216 valence electrons. The van der Waals surface area contributed by atoms with Crippen LogP contribution in [-0.4, -0.2) is 95.7 Å². The van der Waals surface area contributed by atoms with Gasteiger partial charge in [-0.3, -0.25) is 24.2 Å². The summed E-state index contributed by atoms with van der Waals surface area (Å²) in [5, 5.41) is 38.4. The lowest BCUT2D eigenvalue weighted by atomic mass is 9.96. The Morgan fingerprint density at radius 3 is 2.05 bits per heavy atom. The number of nitrogens with zero attached hydrogens (tertiary/aromatic N) is 5. The molecule has 12 heteroatoms. The number of pyridine rings is 1. The van der Waals surface area contributed by atoms with Crippen LogP contribution in [0, 0.1) is 6.92 Å². The lowest BCUT2D eigenvalue weighted by Crippen LogP contribution is -2.42. The highest BCUT2D eigenvalue weighted by Gasteiger charge is 2.40. The summed E-state index contributed by atoms with van der Waals surface area (Å²) in [6.45, 7) is 6.71. The van der Waals surface area contributed by atoms with Crippen LogP contribution < -0.4 is 0 Å². The average Bonchev–Trinajstić information content (AvgIpc) is 3.21. The minimum Gasteiger partial charge on any atom is -0.481 e. The van der Waals surface area contributed by atoms with Gasteiger partial charge in [0.05, 0.1) is 31.3 Å². The number of aromatic nitrogens is 3. The molecule has 0 saturated heterocycles. The maximum absolute atomic E-state index is 10.3. The molecular weight excluding hydrogens is 518 g/mol. The van der Waals surface area contributed by atoms with Crippen LogP contribution in [0.5, 0.6) is 0 Å². The fraction of sp³-hybridized carbons (Fsp3) is 0.393. The van der Waals surface area contributed by atoms with Crippen molar-refractivity contribution in [1.29, 1.82) is 0 Å². The summed E-state index contributed by atoms with van der Waals surface area (Å²) in [6.07, 6.45) is 1.59. The van der Waals surface area contributed by atoms with E-state index in [1.807, 2.05) is 24.5 Å². The molecule has 0 fully saturated rings. The summed E-state index contributed by atoms with van der Waals surface area (Å²) in [6, 6.07) is 16.6. The Morgan fingerprint density at radius 2 is 1.52 bits per heavy atom. The third-order valence-electron chi connectivity index (χ3n) is 6.03. The highest BCUT2D eigenvalue weighted by Crippen LogP contribution is 2.16. The van der Waals surface area contributed by atoms with Gasteiger partial charge in [0.2, 0.25) is 0 Å². The van der Waals surface area contributed by atoms with Gasteiger partial charge in [0.15, 0.2) is 5.60 Å². The number of benzene rings is 1. The smallest absolute Gasteiger partial charge is 0.336 e. The van der Waals surface area contributed by atoms with E-state index in [4.69, 9.17) is 20.4 Å². The zero-order valence-corrected chi connectivity index (χ0v) is 23.0. The number of carbonyl (C=O) groups is 3. The van der Waals surface area contributed by atoms with Crippen molar-refractivity contribution >= 4 is 17.9 Å². The van der Waals surface area contributed by atoms with E-state index in [1.54, 1.807) is 0 Å². The van der Waals surface area contributed by atoms with Crippen LogP contribution in [0.1, 0.15) is 35.4 Å². The van der Waals surface area contributed by atoms with Crippen molar-refractivity contribution in [3.63, 3.8) is 0 Å². The Kier molecular flexibility index (Phi) is 12.4. The Morgan fingerprint density at radius 1 is 0.900 bits per heavy atom. The summed E-state index contributed by atoms with van der Waals surface area (Å²) in [4.78, 5) is 39.6. The highest BCUT2D eigenvalue weighted by atomic mass is 16.4. The lowest BCUT2D eigenvalue weighted by molar-refractivity contribution is -0.170. The summed E-state index contributed by atoms with van der Waals surface area (Å²) < 4.78 is 2.09. The van der Waals surface area contributed by atoms with Crippen molar-refractivity contribution in [2.75, 3.05) is 27.2 Å². The standard InChI is InChI=1S/C22H29N5.C6H8O7/c1-19-21(15-24-27(19)16-20-9-5-4-6-10-20)17-26(14-13-25(2)3)18-22-11-7-8-12-23-22;7-3(8)1-6(13,5(11)12)2-4(9)10/h4-12,15H,13-14,16-18H2,1-3H3;13H,1-2H2,(H,7,8)(H,9,10)(H,11,12). The molecular formula is C28H37N5O7. The zero-order chi connectivity index (χ0) is 29.7. The van der Waals surface area contributed by atoms with Gasteiger partial charge < -0.3 is 25.3 Å². The van der Waals surface area contributed by atoms with Crippen LogP contribution in [0.4, 0.5) is 0 Å². The molecule has 1 aromatic carbocycles. The van der Waals surface area contributed by atoms with Crippen LogP contribution in [0.25, 0.3) is 0 Å². The Bertz CT molecular complexity index is 1220. The van der Waals surface area contributed by atoms with Crippen LogP contribution in [0.15, 0.2) is 60.9 Å². The molecule has 0 unspecified atom stereocenters. The maximum atomic E-state index is 10.3. The number of likely N-dealkylation sites (N-methyl/N-ethyl adjacent to an activating group) is 1. The van der Waals surface area contributed by atoms with Crippen molar-refractivity contribution in [3.8, 4) is 0 Å². The first-order valence-corrected chi connectivity index (χ1v) is 12.6. The first-order chi connectivity index (χ1) is 18.9. The normalized spacial score (nSPS) is 11.2. The Labute approximate surface area is 233 Å². The van der Waals surface area contributed by atoms with E-state index in [0.717, 1.165) is 38.4 Å². The van der Waals surface area contributed by atoms with Crippen molar-refractivity contribution in [2.24, 2.45) is 0 Å². The van der Waals surface area contributed by atoms with Gasteiger partial charge in [0.1, 0.15) is 0 Å². The fourth-order valence-corrected chi connectivity index (χ4v) is 3.79. The van der Waals surface area contributed by atoms with Gasteiger partial charge in [0, 0.05) is 43.6 Å². The van der Waals surface area contributed by atoms with Gasteiger partial charge in [-0.1, -0.05) is 36.4 Å². The molecule has 0 radical (unpaired) electrons. The quantitative estimate of drug-likeness (QED) is 0.229. The highest BCUT2D eigenvalue weighted by molar-refractivity contribution is 5.88. The zero-order valence-electron chi connectivity index (χ0n) is 23.0. The second-order valence-electron chi connectivity index (χ2n) is 9.71. The number of carboxylic acids is 3. The summed E-state index contributed by atoms with van der Waals surface area (Å²) in [7, 11) is 4.23. The van der Waals surface area contributed by atoms with E-state index in [0.29, 0.717) is 0 Å².